The second-order valence-electron chi connectivity index (χ2n) is 3.34. The predicted octanol–water partition coefficient (Wildman–Crippen LogP) is 2.54. The van der Waals surface area contributed by atoms with Crippen molar-refractivity contribution in [1.29, 1.82) is 0 Å². The highest BCUT2D eigenvalue weighted by molar-refractivity contribution is 7.26. The largest absolute Gasteiger partial charge is 0.476 e. The van der Waals surface area contributed by atoms with Gasteiger partial charge in [-0.15, -0.1) is 16.4 Å². The maximum atomic E-state index is 11.0. The second-order valence-corrected chi connectivity index (χ2v) is 4.39. The average molecular weight is 230 g/mol. The van der Waals surface area contributed by atoms with Gasteiger partial charge in [-0.25, -0.2) is 4.79 Å². The Hall–Kier alpha value is -2.01. The van der Waals surface area contributed by atoms with Crippen molar-refractivity contribution in [2.45, 2.75) is 0 Å². The van der Waals surface area contributed by atoms with Crippen LogP contribution in [-0.2, 0) is 0 Å². The Labute approximate surface area is 94.2 Å². The van der Waals surface area contributed by atoms with Crippen LogP contribution in [0.2, 0.25) is 0 Å². The van der Waals surface area contributed by atoms with Crippen LogP contribution >= 0.6 is 11.3 Å². The highest BCUT2D eigenvalue weighted by Crippen LogP contribution is 2.34. The van der Waals surface area contributed by atoms with E-state index in [2.05, 4.69) is 10.2 Å². The van der Waals surface area contributed by atoms with E-state index < -0.39 is 5.97 Å². The quantitative estimate of drug-likeness (QED) is 0.697. The molecule has 0 bridgehead atoms. The SMILES string of the molecule is O=C(O)c1nncc2c1sc1ccccc12. The molecule has 0 saturated carbocycles. The van der Waals surface area contributed by atoms with Gasteiger partial charge < -0.3 is 5.11 Å². The molecule has 5 heteroatoms. The molecular formula is C11H6N2O2S. The molecule has 0 spiro atoms. The number of aromatic nitrogens is 2. The van der Waals surface area contributed by atoms with Crippen molar-refractivity contribution in [3.05, 3.63) is 36.2 Å². The number of hydrogen-bond acceptors (Lipinski definition) is 4. The molecule has 0 fully saturated rings. The number of benzene rings is 1. The number of fused-ring (bicyclic) bond motifs is 3. The lowest BCUT2D eigenvalue weighted by Crippen LogP contribution is -2.01. The predicted molar refractivity (Wildman–Crippen MR) is 61.9 cm³/mol. The van der Waals surface area contributed by atoms with Crippen LogP contribution in [0.3, 0.4) is 0 Å². The summed E-state index contributed by atoms with van der Waals surface area (Å²) >= 11 is 1.43. The topological polar surface area (TPSA) is 63.1 Å². The fourth-order valence-electron chi connectivity index (χ4n) is 1.70. The normalized spacial score (nSPS) is 11.0. The van der Waals surface area contributed by atoms with Crippen LogP contribution in [0, 0.1) is 0 Å². The van der Waals surface area contributed by atoms with E-state index in [0.717, 1.165) is 15.5 Å². The third-order valence-electron chi connectivity index (χ3n) is 2.40. The smallest absolute Gasteiger partial charge is 0.357 e. The van der Waals surface area contributed by atoms with Crippen LogP contribution in [-0.4, -0.2) is 21.3 Å². The highest BCUT2D eigenvalue weighted by Gasteiger charge is 2.14. The summed E-state index contributed by atoms with van der Waals surface area (Å²) in [7, 11) is 0. The zero-order valence-electron chi connectivity index (χ0n) is 8.04. The van der Waals surface area contributed by atoms with Gasteiger partial charge in [-0.3, -0.25) is 0 Å². The van der Waals surface area contributed by atoms with Crippen molar-refractivity contribution in [1.82, 2.24) is 10.2 Å². The van der Waals surface area contributed by atoms with Gasteiger partial charge in [-0.2, -0.15) is 5.10 Å². The van der Waals surface area contributed by atoms with Crippen molar-refractivity contribution in [2.24, 2.45) is 0 Å². The van der Waals surface area contributed by atoms with Crippen molar-refractivity contribution in [3.63, 3.8) is 0 Å². The zero-order valence-corrected chi connectivity index (χ0v) is 8.86. The summed E-state index contributed by atoms with van der Waals surface area (Å²) < 4.78 is 1.73. The number of rotatable bonds is 1. The first-order valence-electron chi connectivity index (χ1n) is 4.63. The third-order valence-corrected chi connectivity index (χ3v) is 3.59. The first kappa shape index (κ1) is 9.23. The van der Waals surface area contributed by atoms with Crippen LogP contribution in [0.25, 0.3) is 20.2 Å². The van der Waals surface area contributed by atoms with Gasteiger partial charge in [-0.1, -0.05) is 18.2 Å². The lowest BCUT2D eigenvalue weighted by molar-refractivity contribution is 0.0692. The summed E-state index contributed by atoms with van der Waals surface area (Å²) in [5.41, 5.74) is 0.0266. The zero-order chi connectivity index (χ0) is 11.1. The average Bonchev–Trinajstić information content (AvgIpc) is 2.67. The molecule has 0 atom stereocenters. The molecule has 2 aromatic heterocycles. The molecule has 0 aliphatic carbocycles. The maximum Gasteiger partial charge on any atom is 0.357 e. The van der Waals surface area contributed by atoms with Gasteiger partial charge in [-0.05, 0) is 6.07 Å². The van der Waals surface area contributed by atoms with Crippen LogP contribution in [0.1, 0.15) is 10.5 Å². The van der Waals surface area contributed by atoms with E-state index in [1.165, 1.54) is 11.3 Å². The Bertz CT molecular complexity index is 705. The Morgan fingerprint density at radius 2 is 2.06 bits per heavy atom. The van der Waals surface area contributed by atoms with E-state index in [-0.39, 0.29) is 5.69 Å². The molecule has 0 radical (unpaired) electrons. The van der Waals surface area contributed by atoms with Gasteiger partial charge in [0, 0.05) is 15.5 Å². The molecule has 0 amide bonds. The standard InChI is InChI=1S/C11H6N2O2S/c14-11(15)9-10-7(5-12-13-9)6-3-1-2-4-8(6)16-10/h1-5H,(H,14,15). The Kier molecular flexibility index (Phi) is 1.87. The Morgan fingerprint density at radius 3 is 2.88 bits per heavy atom. The highest BCUT2D eigenvalue weighted by atomic mass is 32.1. The fraction of sp³-hybridized carbons (Fsp3) is 0. The second kappa shape index (κ2) is 3.24. The number of carbonyl (C=O) groups is 1. The van der Waals surface area contributed by atoms with Gasteiger partial charge in [0.15, 0.2) is 5.69 Å². The summed E-state index contributed by atoms with van der Waals surface area (Å²) in [4.78, 5) is 11.0. The number of carboxylic acid groups (broad SMARTS) is 1. The minimum atomic E-state index is -1.04. The molecule has 78 valence electrons. The van der Waals surface area contributed by atoms with E-state index in [1.807, 2.05) is 24.3 Å². The van der Waals surface area contributed by atoms with Crippen LogP contribution in [0.4, 0.5) is 0 Å². The fourth-order valence-corrected chi connectivity index (χ4v) is 2.85. The molecule has 0 unspecified atom stereocenters. The molecule has 1 aromatic carbocycles. The van der Waals surface area contributed by atoms with Gasteiger partial charge in [0.05, 0.1) is 10.9 Å². The van der Waals surface area contributed by atoms with E-state index in [0.29, 0.717) is 4.70 Å². The number of carboxylic acids is 1. The summed E-state index contributed by atoms with van der Waals surface area (Å²) in [6.45, 7) is 0. The summed E-state index contributed by atoms with van der Waals surface area (Å²) in [5.74, 6) is -1.04. The van der Waals surface area contributed by atoms with Crippen molar-refractivity contribution < 1.29 is 9.90 Å². The van der Waals surface area contributed by atoms with Crippen LogP contribution in [0.15, 0.2) is 30.5 Å². The molecule has 4 nitrogen and oxygen atoms in total. The molecule has 0 aliphatic rings. The summed E-state index contributed by atoms with van der Waals surface area (Å²) in [5, 5.41) is 18.3. The molecule has 3 rings (SSSR count). The Balaban J connectivity index is 2.54. The molecule has 2 heterocycles. The van der Waals surface area contributed by atoms with Crippen LogP contribution < -0.4 is 0 Å². The molecule has 0 aliphatic heterocycles. The van der Waals surface area contributed by atoms with E-state index in [1.54, 1.807) is 6.20 Å². The Morgan fingerprint density at radius 1 is 1.25 bits per heavy atom. The van der Waals surface area contributed by atoms with Crippen LogP contribution in [0.5, 0.6) is 0 Å². The number of thiophene rings is 1. The summed E-state index contributed by atoms with van der Waals surface area (Å²) in [6.07, 6.45) is 1.61. The summed E-state index contributed by atoms with van der Waals surface area (Å²) in [6, 6.07) is 7.78. The molecule has 16 heavy (non-hydrogen) atoms. The maximum absolute atomic E-state index is 11.0. The minimum absolute atomic E-state index is 0.0266. The molecule has 0 saturated heterocycles. The van der Waals surface area contributed by atoms with Crippen molar-refractivity contribution in [3.8, 4) is 0 Å². The lowest BCUT2D eigenvalue weighted by atomic mass is 10.2. The lowest BCUT2D eigenvalue weighted by Gasteiger charge is -1.93. The number of aromatic carboxylic acids is 1. The third kappa shape index (κ3) is 1.18. The molecule has 1 N–H and O–H groups in total. The van der Waals surface area contributed by atoms with Gasteiger partial charge in [0.1, 0.15) is 0 Å². The monoisotopic (exact) mass is 230 g/mol. The number of hydrogen-bond donors (Lipinski definition) is 1. The van der Waals surface area contributed by atoms with E-state index >= 15 is 0 Å². The van der Waals surface area contributed by atoms with Crippen molar-refractivity contribution in [2.75, 3.05) is 0 Å². The van der Waals surface area contributed by atoms with E-state index in [9.17, 15) is 4.79 Å². The van der Waals surface area contributed by atoms with Gasteiger partial charge >= 0.3 is 5.97 Å². The van der Waals surface area contributed by atoms with E-state index in [4.69, 9.17) is 5.11 Å². The minimum Gasteiger partial charge on any atom is -0.476 e. The van der Waals surface area contributed by atoms with Gasteiger partial charge in [0.25, 0.3) is 0 Å². The first-order valence-corrected chi connectivity index (χ1v) is 5.45. The van der Waals surface area contributed by atoms with Crippen molar-refractivity contribution >= 4 is 37.5 Å². The van der Waals surface area contributed by atoms with Gasteiger partial charge in [0.2, 0.25) is 0 Å². The molecular weight excluding hydrogens is 224 g/mol. The number of nitrogens with zero attached hydrogens (tertiary/aromatic N) is 2. The first-order chi connectivity index (χ1) is 7.77. The molecule has 3 aromatic rings.